The lowest BCUT2D eigenvalue weighted by atomic mass is 10.1. The predicted octanol–water partition coefficient (Wildman–Crippen LogP) is 4.97. The molecule has 1 heterocycles. The fraction of sp³-hybridized carbons (Fsp3) is 0.120. The van der Waals surface area contributed by atoms with Crippen molar-refractivity contribution in [3.8, 4) is 28.3 Å². The van der Waals surface area contributed by atoms with Gasteiger partial charge in [-0.1, -0.05) is 72.3 Å². The molecule has 0 atom stereocenters. The summed E-state index contributed by atoms with van der Waals surface area (Å²) in [6.45, 7) is 2.15. The van der Waals surface area contributed by atoms with Crippen molar-refractivity contribution in [1.82, 2.24) is 9.78 Å². The molecule has 4 rings (SSSR count). The second kappa shape index (κ2) is 8.66. The number of aryl methyl sites for hydroxylation is 1. The Labute approximate surface area is 175 Å². The van der Waals surface area contributed by atoms with Crippen molar-refractivity contribution in [1.29, 1.82) is 0 Å². The van der Waals surface area contributed by atoms with Crippen molar-refractivity contribution in [3.63, 3.8) is 0 Å². The second-order valence-corrected chi connectivity index (χ2v) is 7.11. The Morgan fingerprint density at radius 1 is 0.967 bits per heavy atom. The Hall–Kier alpha value is -3.86. The van der Waals surface area contributed by atoms with Crippen molar-refractivity contribution in [2.45, 2.75) is 20.1 Å². The third-order valence-electron chi connectivity index (χ3n) is 4.80. The maximum atomic E-state index is 12.5. The first-order valence-corrected chi connectivity index (χ1v) is 9.73. The molecular weight excluding hydrogens is 376 g/mol. The average Bonchev–Trinajstić information content (AvgIpc) is 3.19. The number of esters is 1. The minimum atomic E-state index is -0.376. The first kappa shape index (κ1) is 19.5. The summed E-state index contributed by atoms with van der Waals surface area (Å²) >= 11 is 0. The van der Waals surface area contributed by atoms with Crippen LogP contribution >= 0.6 is 0 Å². The van der Waals surface area contributed by atoms with E-state index in [4.69, 9.17) is 4.74 Å². The molecule has 0 saturated carbocycles. The normalized spacial score (nSPS) is 10.7. The van der Waals surface area contributed by atoms with Crippen LogP contribution < -0.4 is 0 Å². The van der Waals surface area contributed by atoms with Crippen LogP contribution in [0.25, 0.3) is 22.5 Å². The lowest BCUT2D eigenvalue weighted by Gasteiger charge is -2.08. The highest BCUT2D eigenvalue weighted by molar-refractivity contribution is 5.75. The van der Waals surface area contributed by atoms with Gasteiger partial charge < -0.3 is 9.84 Å². The summed E-state index contributed by atoms with van der Waals surface area (Å²) in [4.78, 5) is 12.5. The van der Waals surface area contributed by atoms with E-state index in [9.17, 15) is 9.90 Å². The van der Waals surface area contributed by atoms with Gasteiger partial charge in [-0.2, -0.15) is 5.10 Å². The van der Waals surface area contributed by atoms with Crippen molar-refractivity contribution >= 4 is 5.97 Å². The van der Waals surface area contributed by atoms with Gasteiger partial charge in [0.25, 0.3) is 0 Å². The molecule has 0 spiro atoms. The quantitative estimate of drug-likeness (QED) is 0.466. The monoisotopic (exact) mass is 398 g/mol. The van der Waals surface area contributed by atoms with E-state index in [0.29, 0.717) is 11.3 Å². The third-order valence-corrected chi connectivity index (χ3v) is 4.80. The summed E-state index contributed by atoms with van der Waals surface area (Å²) in [5, 5.41) is 14.9. The minimum absolute atomic E-state index is 0.0242. The van der Waals surface area contributed by atoms with Gasteiger partial charge in [0.2, 0.25) is 0 Å². The molecule has 0 aliphatic carbocycles. The molecule has 5 nitrogen and oxygen atoms in total. The molecular formula is C25H22N2O3. The van der Waals surface area contributed by atoms with E-state index >= 15 is 0 Å². The number of carbonyl (C=O) groups excluding carboxylic acids is 1. The molecule has 0 bridgehead atoms. The molecule has 0 aliphatic rings. The highest BCUT2D eigenvalue weighted by atomic mass is 16.5. The summed E-state index contributed by atoms with van der Waals surface area (Å²) in [5.74, 6) is -0.226. The van der Waals surface area contributed by atoms with Crippen LogP contribution in [-0.2, 0) is 22.7 Å². The van der Waals surface area contributed by atoms with E-state index < -0.39 is 0 Å². The summed E-state index contributed by atoms with van der Waals surface area (Å²) in [6, 6.07) is 26.5. The highest BCUT2D eigenvalue weighted by Gasteiger charge is 2.17. The number of hydrogen-bond donors (Lipinski definition) is 1. The van der Waals surface area contributed by atoms with E-state index in [1.165, 1.54) is 0 Å². The van der Waals surface area contributed by atoms with Crippen LogP contribution in [0.15, 0.2) is 84.9 Å². The molecule has 0 saturated heterocycles. The fourth-order valence-corrected chi connectivity index (χ4v) is 3.27. The van der Waals surface area contributed by atoms with Gasteiger partial charge in [0.05, 0.1) is 11.4 Å². The van der Waals surface area contributed by atoms with Crippen LogP contribution in [0, 0.1) is 6.92 Å². The fourth-order valence-electron chi connectivity index (χ4n) is 3.27. The summed E-state index contributed by atoms with van der Waals surface area (Å²) in [7, 11) is 0. The van der Waals surface area contributed by atoms with Crippen LogP contribution in [0.3, 0.4) is 0 Å². The Kier molecular flexibility index (Phi) is 5.61. The molecule has 5 heteroatoms. The minimum Gasteiger partial charge on any atom is -0.507 e. The number of hydrogen-bond acceptors (Lipinski definition) is 4. The van der Waals surface area contributed by atoms with Crippen LogP contribution in [-0.4, -0.2) is 20.9 Å². The first-order chi connectivity index (χ1) is 14.6. The Balaban J connectivity index is 1.63. The Bertz CT molecular complexity index is 1150. The Morgan fingerprint density at radius 2 is 1.67 bits per heavy atom. The van der Waals surface area contributed by atoms with Gasteiger partial charge in [0.15, 0.2) is 0 Å². The molecule has 0 radical (unpaired) electrons. The van der Waals surface area contributed by atoms with Crippen molar-refractivity contribution < 1.29 is 14.6 Å². The van der Waals surface area contributed by atoms with Crippen LogP contribution in [0.4, 0.5) is 0 Å². The topological polar surface area (TPSA) is 64.4 Å². The van der Waals surface area contributed by atoms with Crippen LogP contribution in [0.1, 0.15) is 11.1 Å². The van der Waals surface area contributed by atoms with Gasteiger partial charge >= 0.3 is 5.97 Å². The summed E-state index contributed by atoms with van der Waals surface area (Å²) < 4.78 is 7.06. The van der Waals surface area contributed by atoms with Crippen molar-refractivity contribution in [2.24, 2.45) is 0 Å². The van der Waals surface area contributed by atoms with Gasteiger partial charge in [-0.05, 0) is 36.2 Å². The summed E-state index contributed by atoms with van der Waals surface area (Å²) in [6.07, 6.45) is 0. The zero-order valence-corrected chi connectivity index (χ0v) is 16.7. The molecule has 0 aliphatic heterocycles. The molecule has 3 aromatic carbocycles. The molecule has 150 valence electrons. The summed E-state index contributed by atoms with van der Waals surface area (Å²) in [5.41, 5.74) is 4.89. The average molecular weight is 398 g/mol. The zero-order chi connectivity index (χ0) is 20.9. The second-order valence-electron chi connectivity index (χ2n) is 7.11. The zero-order valence-electron chi connectivity index (χ0n) is 16.7. The molecule has 0 unspecified atom stereocenters. The van der Waals surface area contributed by atoms with E-state index in [0.717, 1.165) is 22.4 Å². The molecule has 0 fully saturated rings. The molecule has 1 N–H and O–H groups in total. The SMILES string of the molecule is Cc1ccc(O)c(-c2cc(-c3ccccc3)n(CC(=O)OCc3ccccc3)n2)c1. The number of phenols is 1. The maximum absolute atomic E-state index is 12.5. The van der Waals surface area contributed by atoms with Gasteiger partial charge in [0, 0.05) is 5.56 Å². The number of ether oxygens (including phenoxy) is 1. The number of rotatable bonds is 6. The van der Waals surface area contributed by atoms with E-state index in [1.807, 2.05) is 85.8 Å². The van der Waals surface area contributed by atoms with Gasteiger partial charge in [-0.25, -0.2) is 0 Å². The van der Waals surface area contributed by atoms with Crippen molar-refractivity contribution in [2.75, 3.05) is 0 Å². The van der Waals surface area contributed by atoms with Crippen LogP contribution in [0.2, 0.25) is 0 Å². The number of aromatic hydroxyl groups is 1. The number of aromatic nitrogens is 2. The lowest BCUT2D eigenvalue weighted by Crippen LogP contribution is -2.15. The highest BCUT2D eigenvalue weighted by Crippen LogP contribution is 2.32. The van der Waals surface area contributed by atoms with E-state index in [2.05, 4.69) is 5.10 Å². The number of phenolic OH excluding ortho intramolecular Hbond substituents is 1. The number of carbonyl (C=O) groups is 1. The molecule has 1 aromatic heterocycles. The maximum Gasteiger partial charge on any atom is 0.328 e. The van der Waals surface area contributed by atoms with Crippen LogP contribution in [0.5, 0.6) is 5.75 Å². The molecule has 0 amide bonds. The smallest absolute Gasteiger partial charge is 0.328 e. The lowest BCUT2D eigenvalue weighted by molar-refractivity contribution is -0.145. The van der Waals surface area contributed by atoms with E-state index in [1.54, 1.807) is 10.7 Å². The van der Waals surface area contributed by atoms with Gasteiger partial charge in [-0.15, -0.1) is 0 Å². The number of nitrogens with zero attached hydrogens (tertiary/aromatic N) is 2. The molecule has 30 heavy (non-hydrogen) atoms. The first-order valence-electron chi connectivity index (χ1n) is 9.73. The molecule has 4 aromatic rings. The van der Waals surface area contributed by atoms with E-state index in [-0.39, 0.29) is 24.9 Å². The van der Waals surface area contributed by atoms with Crippen molar-refractivity contribution in [3.05, 3.63) is 96.1 Å². The standard InChI is InChI=1S/C25H22N2O3/c1-18-12-13-24(28)21(14-18)22-15-23(20-10-6-3-7-11-20)27(26-22)16-25(29)30-17-19-8-4-2-5-9-19/h2-15,28H,16-17H2,1H3. The van der Waals surface area contributed by atoms with Gasteiger partial charge in [-0.3, -0.25) is 9.48 Å². The third kappa shape index (κ3) is 4.41. The van der Waals surface area contributed by atoms with Gasteiger partial charge in [0.1, 0.15) is 18.9 Å². The number of benzene rings is 3. The Morgan fingerprint density at radius 3 is 2.40 bits per heavy atom. The largest absolute Gasteiger partial charge is 0.507 e. The predicted molar refractivity (Wildman–Crippen MR) is 116 cm³/mol.